The zero-order chi connectivity index (χ0) is 33.4. The quantitative estimate of drug-likeness (QED) is 0.195. The number of urea groups is 1. The molecule has 0 radical (unpaired) electrons. The third-order valence-corrected chi connectivity index (χ3v) is 10.1. The molecule has 46 heavy (non-hydrogen) atoms. The Morgan fingerprint density at radius 3 is 2.43 bits per heavy atom. The molecule has 1 fully saturated rings. The van der Waals surface area contributed by atoms with E-state index in [-0.39, 0.29) is 29.3 Å². The molecule has 3 aromatic rings. The second-order valence-corrected chi connectivity index (χ2v) is 14.6. The SMILES string of the molecule is COC(=O)c1sc(-c2cccc(N(C(=O)NCCc3cc(Br)ccc3OC)C3CCCCC3)c2)c(Br)c1OCC(=O)OC(C)(C)C. The van der Waals surface area contributed by atoms with Crippen molar-refractivity contribution in [2.45, 2.75) is 70.9 Å². The molecule has 2 amide bonds. The number of hydrogen-bond donors (Lipinski definition) is 1. The van der Waals surface area contributed by atoms with Crippen molar-refractivity contribution in [3.05, 3.63) is 61.9 Å². The number of esters is 2. The average Bonchev–Trinajstić information content (AvgIpc) is 3.35. The van der Waals surface area contributed by atoms with Gasteiger partial charge < -0.3 is 24.3 Å². The van der Waals surface area contributed by atoms with Gasteiger partial charge in [-0.1, -0.05) is 47.3 Å². The predicted molar refractivity (Wildman–Crippen MR) is 187 cm³/mol. The van der Waals surface area contributed by atoms with Crippen molar-refractivity contribution in [3.8, 4) is 21.9 Å². The van der Waals surface area contributed by atoms with Crippen LogP contribution in [0, 0.1) is 0 Å². The fraction of sp³-hybridized carbons (Fsp3) is 0.441. The van der Waals surface area contributed by atoms with Crippen LogP contribution in [0.1, 0.15) is 68.1 Å². The molecule has 0 aliphatic heterocycles. The van der Waals surface area contributed by atoms with Crippen LogP contribution in [-0.4, -0.2) is 57.0 Å². The minimum Gasteiger partial charge on any atom is -0.496 e. The first-order valence-corrected chi connectivity index (χ1v) is 17.6. The van der Waals surface area contributed by atoms with Crippen LogP contribution in [0.3, 0.4) is 0 Å². The average molecular weight is 781 g/mol. The molecule has 0 saturated heterocycles. The monoisotopic (exact) mass is 778 g/mol. The molecule has 1 aromatic heterocycles. The molecule has 0 atom stereocenters. The van der Waals surface area contributed by atoms with Gasteiger partial charge in [0, 0.05) is 22.7 Å². The Hall–Kier alpha value is -3.09. The normalized spacial score (nSPS) is 13.5. The van der Waals surface area contributed by atoms with Crippen molar-refractivity contribution < 1.29 is 33.3 Å². The minimum atomic E-state index is -0.675. The summed E-state index contributed by atoms with van der Waals surface area (Å²) >= 11 is 8.31. The number of halogens is 2. The molecule has 1 aliphatic rings. The third-order valence-electron chi connectivity index (χ3n) is 7.39. The molecule has 0 bridgehead atoms. The maximum Gasteiger partial charge on any atom is 0.351 e. The highest BCUT2D eigenvalue weighted by molar-refractivity contribution is 9.11. The topological polar surface area (TPSA) is 103 Å². The molecule has 4 rings (SSSR count). The molecule has 1 saturated carbocycles. The number of benzene rings is 2. The van der Waals surface area contributed by atoms with E-state index in [0.29, 0.717) is 22.3 Å². The third kappa shape index (κ3) is 9.25. The summed E-state index contributed by atoms with van der Waals surface area (Å²) in [4.78, 5) is 41.7. The Morgan fingerprint density at radius 1 is 1.02 bits per heavy atom. The van der Waals surface area contributed by atoms with Gasteiger partial charge in [0.25, 0.3) is 0 Å². The van der Waals surface area contributed by atoms with Crippen LogP contribution in [0.15, 0.2) is 51.4 Å². The molecule has 1 heterocycles. The van der Waals surface area contributed by atoms with E-state index in [1.165, 1.54) is 18.4 Å². The van der Waals surface area contributed by atoms with Crippen LogP contribution in [0.2, 0.25) is 0 Å². The number of nitrogens with one attached hydrogen (secondary N) is 1. The van der Waals surface area contributed by atoms with Gasteiger partial charge in [-0.2, -0.15) is 0 Å². The highest BCUT2D eigenvalue weighted by atomic mass is 79.9. The zero-order valence-corrected chi connectivity index (χ0v) is 30.7. The fourth-order valence-electron chi connectivity index (χ4n) is 5.40. The van der Waals surface area contributed by atoms with Gasteiger partial charge in [0.2, 0.25) is 0 Å². The number of hydrogen-bond acceptors (Lipinski definition) is 8. The summed E-state index contributed by atoms with van der Waals surface area (Å²) in [5.74, 6) is -0.167. The van der Waals surface area contributed by atoms with Crippen LogP contribution in [0.5, 0.6) is 11.5 Å². The number of amides is 2. The summed E-state index contributed by atoms with van der Waals surface area (Å²) in [7, 11) is 2.93. The lowest BCUT2D eigenvalue weighted by atomic mass is 9.94. The maximum atomic E-state index is 13.8. The molecule has 12 heteroatoms. The number of rotatable bonds is 11. The standard InChI is InChI=1S/C34H40Br2N2O7S/c1-34(2,3)45-27(39)20-44-29-28(36)30(46-31(29)32(40)43-5)22-10-9-13-25(19-22)38(24-11-7-6-8-12-24)33(41)37-17-16-21-18-23(35)14-15-26(21)42-4/h9-10,13-15,18-19,24H,6-8,11-12,16-17,20H2,1-5H3,(H,37,41). The van der Waals surface area contributed by atoms with Crippen molar-refractivity contribution in [1.29, 1.82) is 0 Å². The first-order chi connectivity index (χ1) is 21.9. The van der Waals surface area contributed by atoms with Gasteiger partial charge in [-0.05, 0) is 97.4 Å². The van der Waals surface area contributed by atoms with Crippen LogP contribution >= 0.6 is 43.2 Å². The first kappa shape index (κ1) is 35.8. The van der Waals surface area contributed by atoms with E-state index in [1.807, 2.05) is 47.4 Å². The Bertz CT molecular complexity index is 1550. The fourth-order valence-corrected chi connectivity index (χ4v) is 7.78. The summed E-state index contributed by atoms with van der Waals surface area (Å²) in [6, 6.07) is 13.4. The van der Waals surface area contributed by atoms with Gasteiger partial charge in [-0.15, -0.1) is 11.3 Å². The van der Waals surface area contributed by atoms with Crippen LogP contribution in [0.25, 0.3) is 10.4 Å². The Morgan fingerprint density at radius 2 is 1.76 bits per heavy atom. The molecule has 9 nitrogen and oxygen atoms in total. The number of nitrogens with zero attached hydrogens (tertiary/aromatic N) is 1. The highest BCUT2D eigenvalue weighted by Crippen LogP contribution is 2.46. The molecular weight excluding hydrogens is 740 g/mol. The Labute approximate surface area is 291 Å². The van der Waals surface area contributed by atoms with Crippen LogP contribution in [-0.2, 0) is 20.7 Å². The van der Waals surface area contributed by atoms with Gasteiger partial charge in [-0.25, -0.2) is 14.4 Å². The number of anilines is 1. The van der Waals surface area contributed by atoms with E-state index < -0.39 is 17.5 Å². The van der Waals surface area contributed by atoms with E-state index >= 15 is 0 Å². The van der Waals surface area contributed by atoms with E-state index in [1.54, 1.807) is 27.9 Å². The van der Waals surface area contributed by atoms with E-state index in [0.717, 1.165) is 59.1 Å². The number of methoxy groups -OCH3 is 2. The Kier molecular flexibility index (Phi) is 12.6. The largest absolute Gasteiger partial charge is 0.496 e. The summed E-state index contributed by atoms with van der Waals surface area (Å²) < 4.78 is 23.2. The van der Waals surface area contributed by atoms with Crippen molar-refractivity contribution in [3.63, 3.8) is 0 Å². The molecule has 0 unspecified atom stereocenters. The van der Waals surface area contributed by atoms with Gasteiger partial charge in [0.1, 0.15) is 11.4 Å². The van der Waals surface area contributed by atoms with Gasteiger partial charge in [-0.3, -0.25) is 4.90 Å². The number of carbonyl (C=O) groups is 3. The maximum absolute atomic E-state index is 13.8. The number of thiophene rings is 1. The second kappa shape index (κ2) is 16.1. The van der Waals surface area contributed by atoms with E-state index in [4.69, 9.17) is 18.9 Å². The summed E-state index contributed by atoms with van der Waals surface area (Å²) in [6.07, 6.45) is 5.70. The lowest BCUT2D eigenvalue weighted by Gasteiger charge is -2.34. The van der Waals surface area contributed by atoms with Crippen LogP contribution < -0.4 is 19.7 Å². The minimum absolute atomic E-state index is 0.0505. The number of ether oxygens (including phenoxy) is 4. The molecule has 248 valence electrons. The summed E-state index contributed by atoms with van der Waals surface area (Å²) in [6.45, 7) is 5.37. The van der Waals surface area contributed by atoms with E-state index in [9.17, 15) is 14.4 Å². The summed E-state index contributed by atoms with van der Waals surface area (Å²) in [5, 5.41) is 3.13. The van der Waals surface area contributed by atoms with Gasteiger partial charge in [0.05, 0.1) is 23.6 Å². The lowest BCUT2D eigenvalue weighted by Crippen LogP contribution is -2.47. The lowest BCUT2D eigenvalue weighted by molar-refractivity contribution is -0.157. The second-order valence-electron chi connectivity index (χ2n) is 11.9. The van der Waals surface area contributed by atoms with Gasteiger partial charge >= 0.3 is 18.0 Å². The smallest absolute Gasteiger partial charge is 0.351 e. The molecular formula is C34H40Br2N2O7S. The van der Waals surface area contributed by atoms with Crippen molar-refractivity contribution >= 4 is 66.9 Å². The van der Waals surface area contributed by atoms with Crippen LogP contribution in [0.4, 0.5) is 10.5 Å². The first-order valence-electron chi connectivity index (χ1n) is 15.2. The van der Waals surface area contributed by atoms with Crippen molar-refractivity contribution in [1.82, 2.24) is 5.32 Å². The summed E-state index contributed by atoms with van der Waals surface area (Å²) in [5.41, 5.74) is 1.85. The number of carbonyl (C=O) groups excluding carboxylic acids is 3. The van der Waals surface area contributed by atoms with Crippen molar-refractivity contribution in [2.75, 3.05) is 32.3 Å². The Balaban J connectivity index is 1.61. The highest BCUT2D eigenvalue weighted by Gasteiger charge is 2.29. The molecule has 2 aromatic carbocycles. The van der Waals surface area contributed by atoms with Crippen molar-refractivity contribution in [2.24, 2.45) is 0 Å². The van der Waals surface area contributed by atoms with E-state index in [2.05, 4.69) is 37.2 Å². The molecule has 1 aliphatic carbocycles. The predicted octanol–water partition coefficient (Wildman–Crippen LogP) is 8.55. The van der Waals surface area contributed by atoms with Gasteiger partial charge in [0.15, 0.2) is 17.2 Å². The molecule has 1 N–H and O–H groups in total. The zero-order valence-electron chi connectivity index (χ0n) is 26.7. The molecule has 0 spiro atoms.